The van der Waals surface area contributed by atoms with E-state index in [2.05, 4.69) is 4.99 Å². The van der Waals surface area contributed by atoms with Crippen LogP contribution in [0.3, 0.4) is 0 Å². The van der Waals surface area contributed by atoms with Crippen LogP contribution in [0.5, 0.6) is 17.2 Å². The van der Waals surface area contributed by atoms with Crippen LogP contribution < -0.4 is 14.3 Å². The molecule has 0 aliphatic rings. The van der Waals surface area contributed by atoms with Crippen LogP contribution >= 0.6 is 11.3 Å². The van der Waals surface area contributed by atoms with E-state index in [0.717, 1.165) is 4.70 Å². The molecule has 7 nitrogen and oxygen atoms in total. The summed E-state index contributed by atoms with van der Waals surface area (Å²) in [6.45, 7) is 2.26. The zero-order chi connectivity index (χ0) is 23.2. The van der Waals surface area contributed by atoms with Gasteiger partial charge in [0.25, 0.3) is 5.91 Å². The number of esters is 1. The summed E-state index contributed by atoms with van der Waals surface area (Å²) < 4.78 is 18.9. The van der Waals surface area contributed by atoms with E-state index < -0.39 is 11.9 Å². The Bertz CT molecular complexity index is 1360. The highest BCUT2D eigenvalue weighted by molar-refractivity contribution is 7.16. The number of amides is 1. The van der Waals surface area contributed by atoms with Gasteiger partial charge >= 0.3 is 5.97 Å². The lowest BCUT2D eigenvalue weighted by Crippen LogP contribution is -2.22. The summed E-state index contributed by atoms with van der Waals surface area (Å²) in [7, 11) is 1.32. The molecule has 0 N–H and O–H groups in total. The van der Waals surface area contributed by atoms with Crippen molar-refractivity contribution >= 4 is 33.4 Å². The minimum atomic E-state index is -0.451. The Kier molecular flexibility index (Phi) is 6.85. The summed E-state index contributed by atoms with van der Waals surface area (Å²) in [6, 6.07) is 21.7. The van der Waals surface area contributed by atoms with Gasteiger partial charge in [-0.3, -0.25) is 9.59 Å². The molecule has 0 radical (unpaired) electrons. The second kappa shape index (κ2) is 10.1. The molecule has 0 unspecified atom stereocenters. The molecule has 4 rings (SSSR count). The zero-order valence-electron chi connectivity index (χ0n) is 18.2. The Morgan fingerprint density at radius 3 is 2.48 bits per heavy atom. The minimum Gasteiger partial charge on any atom is -0.492 e. The normalized spacial score (nSPS) is 11.4. The van der Waals surface area contributed by atoms with Crippen LogP contribution in [0.25, 0.3) is 10.2 Å². The van der Waals surface area contributed by atoms with E-state index in [4.69, 9.17) is 14.2 Å². The number of hydrogen-bond acceptors (Lipinski definition) is 6. The van der Waals surface area contributed by atoms with Gasteiger partial charge in [-0.1, -0.05) is 41.7 Å². The molecule has 168 valence electrons. The topological polar surface area (TPSA) is 79.1 Å². The fourth-order valence-corrected chi connectivity index (χ4v) is 4.31. The molecule has 0 fully saturated rings. The molecule has 0 aliphatic carbocycles. The highest BCUT2D eigenvalue weighted by Crippen LogP contribution is 2.28. The number of aromatic nitrogens is 1. The molecule has 33 heavy (non-hydrogen) atoms. The average Bonchev–Trinajstić information content (AvgIpc) is 3.17. The lowest BCUT2D eigenvalue weighted by atomic mass is 10.2. The largest absolute Gasteiger partial charge is 0.492 e. The Labute approximate surface area is 194 Å². The summed E-state index contributed by atoms with van der Waals surface area (Å²) in [6.07, 6.45) is 0. The number of ether oxygens (including phenoxy) is 3. The lowest BCUT2D eigenvalue weighted by molar-refractivity contribution is -0.141. The number of nitrogens with zero attached hydrogens (tertiary/aromatic N) is 2. The zero-order valence-corrected chi connectivity index (χ0v) is 19.0. The number of carbonyl (C=O) groups is 2. The van der Waals surface area contributed by atoms with Gasteiger partial charge in [-0.05, 0) is 49.4 Å². The number of rotatable bonds is 7. The average molecular weight is 463 g/mol. The highest BCUT2D eigenvalue weighted by atomic mass is 32.1. The molecule has 0 spiro atoms. The maximum Gasteiger partial charge on any atom is 0.325 e. The summed E-state index contributed by atoms with van der Waals surface area (Å²) in [5.74, 6) is 0.912. The molecule has 1 aromatic heterocycles. The van der Waals surface area contributed by atoms with Gasteiger partial charge in [-0.25, -0.2) is 0 Å². The van der Waals surface area contributed by atoms with Crippen LogP contribution in [-0.4, -0.2) is 30.2 Å². The van der Waals surface area contributed by atoms with Crippen molar-refractivity contribution in [2.24, 2.45) is 4.99 Å². The first-order chi connectivity index (χ1) is 16.1. The van der Waals surface area contributed by atoms with E-state index in [1.807, 2.05) is 55.5 Å². The van der Waals surface area contributed by atoms with Gasteiger partial charge in [0, 0.05) is 5.56 Å². The van der Waals surface area contributed by atoms with Crippen molar-refractivity contribution in [3.05, 3.63) is 83.2 Å². The minimum absolute atomic E-state index is 0.0934. The van der Waals surface area contributed by atoms with E-state index >= 15 is 0 Å². The van der Waals surface area contributed by atoms with E-state index in [1.165, 1.54) is 18.4 Å². The fraction of sp³-hybridized carbons (Fsp3) is 0.160. The molecule has 0 atom stereocenters. The van der Waals surface area contributed by atoms with Gasteiger partial charge in [-0.15, -0.1) is 0 Å². The van der Waals surface area contributed by atoms with Crippen molar-refractivity contribution in [3.63, 3.8) is 0 Å². The number of methoxy groups -OCH3 is 1. The van der Waals surface area contributed by atoms with Crippen LogP contribution in [-0.2, 0) is 16.1 Å². The van der Waals surface area contributed by atoms with Crippen LogP contribution in [0, 0.1) is 0 Å². The monoisotopic (exact) mass is 462 g/mol. The van der Waals surface area contributed by atoms with Crippen LogP contribution in [0.1, 0.15) is 17.3 Å². The Morgan fingerprint density at radius 2 is 1.73 bits per heavy atom. The Balaban J connectivity index is 1.74. The maximum absolute atomic E-state index is 13.0. The van der Waals surface area contributed by atoms with Crippen LogP contribution in [0.15, 0.2) is 77.8 Å². The number of fused-ring (bicyclic) bond motifs is 1. The molecule has 0 bridgehead atoms. The van der Waals surface area contributed by atoms with Crippen LogP contribution in [0.2, 0.25) is 0 Å². The molecule has 0 saturated heterocycles. The third-order valence-electron chi connectivity index (χ3n) is 4.74. The number of benzene rings is 3. The quantitative estimate of drug-likeness (QED) is 0.368. The third-order valence-corrected chi connectivity index (χ3v) is 5.78. The SMILES string of the molecule is CCOc1cccc2sc(=NC(=O)c3cccc(Oc4ccccc4)c3)n(CC(=O)OC)c12. The molecule has 3 aromatic carbocycles. The first-order valence-electron chi connectivity index (χ1n) is 10.3. The predicted octanol–water partition coefficient (Wildman–Crippen LogP) is 4.81. The van der Waals surface area contributed by atoms with Crippen LogP contribution in [0.4, 0.5) is 0 Å². The molecular formula is C25H22N2O5S. The van der Waals surface area contributed by atoms with Crippen molar-refractivity contribution in [2.75, 3.05) is 13.7 Å². The van der Waals surface area contributed by atoms with Gasteiger partial charge in [-0.2, -0.15) is 4.99 Å². The third kappa shape index (κ3) is 5.12. The van der Waals surface area contributed by atoms with Gasteiger partial charge < -0.3 is 18.8 Å². The summed E-state index contributed by atoms with van der Waals surface area (Å²) >= 11 is 1.30. The van der Waals surface area contributed by atoms with Gasteiger partial charge in [0.2, 0.25) is 0 Å². The first-order valence-corrected chi connectivity index (χ1v) is 11.1. The Hall–Kier alpha value is -3.91. The molecule has 1 heterocycles. The summed E-state index contributed by atoms with van der Waals surface area (Å²) in [4.78, 5) is 29.8. The van der Waals surface area contributed by atoms with Crippen molar-refractivity contribution in [1.29, 1.82) is 0 Å². The maximum atomic E-state index is 13.0. The molecule has 1 amide bonds. The number of para-hydroxylation sites is 2. The van der Waals surface area contributed by atoms with Gasteiger partial charge in [0.1, 0.15) is 29.3 Å². The molecule has 8 heteroatoms. The highest BCUT2D eigenvalue weighted by Gasteiger charge is 2.16. The summed E-state index contributed by atoms with van der Waals surface area (Å²) in [5.41, 5.74) is 1.07. The number of carbonyl (C=O) groups excluding carboxylic acids is 2. The van der Waals surface area contributed by atoms with E-state index in [1.54, 1.807) is 28.8 Å². The Morgan fingerprint density at radius 1 is 0.970 bits per heavy atom. The summed E-state index contributed by atoms with van der Waals surface area (Å²) in [5, 5.41) is 0. The number of hydrogen-bond donors (Lipinski definition) is 0. The molecular weight excluding hydrogens is 440 g/mol. The number of thiazole rings is 1. The standard InChI is InChI=1S/C25H22N2O5S/c1-3-31-20-13-8-14-21-23(20)27(16-22(28)30-2)25(33-21)26-24(29)17-9-7-12-19(15-17)32-18-10-5-4-6-11-18/h4-15H,3,16H2,1-2H3. The fourth-order valence-electron chi connectivity index (χ4n) is 3.26. The second-order valence-corrected chi connectivity index (χ2v) is 7.95. The van der Waals surface area contributed by atoms with Crippen molar-refractivity contribution in [2.45, 2.75) is 13.5 Å². The first kappa shape index (κ1) is 22.3. The molecule has 0 saturated carbocycles. The van der Waals surface area contributed by atoms with E-state index in [9.17, 15) is 9.59 Å². The predicted molar refractivity (Wildman–Crippen MR) is 126 cm³/mol. The van der Waals surface area contributed by atoms with Gasteiger partial charge in [0.05, 0.1) is 18.4 Å². The second-order valence-electron chi connectivity index (χ2n) is 6.94. The van der Waals surface area contributed by atoms with Gasteiger partial charge in [0.15, 0.2) is 4.80 Å². The van der Waals surface area contributed by atoms with E-state index in [-0.39, 0.29) is 6.54 Å². The smallest absolute Gasteiger partial charge is 0.325 e. The lowest BCUT2D eigenvalue weighted by Gasteiger charge is -2.09. The van der Waals surface area contributed by atoms with Crippen molar-refractivity contribution in [3.8, 4) is 17.2 Å². The molecule has 0 aliphatic heterocycles. The molecule has 4 aromatic rings. The van der Waals surface area contributed by atoms with Crippen molar-refractivity contribution in [1.82, 2.24) is 4.57 Å². The van der Waals surface area contributed by atoms with E-state index in [0.29, 0.717) is 39.7 Å². The van der Waals surface area contributed by atoms with Crippen molar-refractivity contribution < 1.29 is 23.8 Å².